The molecule has 0 unspecified atom stereocenters. The number of nitrogens with one attached hydrogen (secondary N) is 1. The summed E-state index contributed by atoms with van der Waals surface area (Å²) in [5.74, 6) is 0.883. The summed E-state index contributed by atoms with van der Waals surface area (Å²) in [7, 11) is 2.82. The van der Waals surface area contributed by atoms with Crippen LogP contribution in [0, 0.1) is 10.1 Å². The van der Waals surface area contributed by atoms with E-state index in [-0.39, 0.29) is 21.9 Å². The monoisotopic (exact) mass is 429 g/mol. The number of benzene rings is 2. The van der Waals surface area contributed by atoms with E-state index in [0.29, 0.717) is 23.2 Å². The molecule has 1 aliphatic rings. The Morgan fingerprint density at radius 3 is 2.43 bits per heavy atom. The highest BCUT2D eigenvalue weighted by Crippen LogP contribution is 2.37. The second kappa shape index (κ2) is 9.31. The first kappa shape index (κ1) is 21.2. The molecule has 1 saturated heterocycles. The first-order valence-electron chi connectivity index (χ1n) is 8.88. The van der Waals surface area contributed by atoms with Gasteiger partial charge in [-0.25, -0.2) is 4.99 Å². The van der Waals surface area contributed by atoms with Crippen molar-refractivity contribution in [1.29, 1.82) is 0 Å². The lowest BCUT2D eigenvalue weighted by Crippen LogP contribution is -2.19. The molecule has 0 saturated carbocycles. The summed E-state index contributed by atoms with van der Waals surface area (Å²) >= 11 is 1.09. The topological polar surface area (TPSA) is 112 Å². The van der Waals surface area contributed by atoms with Crippen LogP contribution < -0.4 is 19.5 Å². The number of ether oxygens (including phenoxy) is 3. The predicted molar refractivity (Wildman–Crippen MR) is 115 cm³/mol. The van der Waals surface area contributed by atoms with Crippen molar-refractivity contribution >= 4 is 40.3 Å². The van der Waals surface area contributed by atoms with Gasteiger partial charge in [-0.2, -0.15) is 0 Å². The van der Waals surface area contributed by atoms with Gasteiger partial charge < -0.3 is 19.5 Å². The molecule has 0 spiro atoms. The van der Waals surface area contributed by atoms with Crippen LogP contribution in [0.5, 0.6) is 17.2 Å². The highest BCUT2D eigenvalue weighted by Gasteiger charge is 2.26. The van der Waals surface area contributed by atoms with Gasteiger partial charge in [0.25, 0.3) is 11.6 Å². The van der Waals surface area contributed by atoms with Crippen LogP contribution in [0.25, 0.3) is 6.08 Å². The van der Waals surface area contributed by atoms with E-state index in [1.165, 1.54) is 32.4 Å². The van der Waals surface area contributed by atoms with Gasteiger partial charge in [0.2, 0.25) is 0 Å². The van der Waals surface area contributed by atoms with Crippen LogP contribution in [0.1, 0.15) is 12.5 Å². The number of amides is 1. The molecular weight excluding hydrogens is 410 g/mol. The number of carbonyl (C=O) groups excluding carboxylic acids is 1. The Morgan fingerprint density at radius 1 is 1.17 bits per heavy atom. The lowest BCUT2D eigenvalue weighted by atomic mass is 10.1. The summed E-state index contributed by atoms with van der Waals surface area (Å²) < 4.78 is 15.7. The highest BCUT2D eigenvalue weighted by molar-refractivity contribution is 8.18. The Bertz CT molecular complexity index is 1030. The Hall–Kier alpha value is -3.53. The van der Waals surface area contributed by atoms with Gasteiger partial charge in [0.1, 0.15) is 5.75 Å². The molecule has 1 aliphatic heterocycles. The van der Waals surface area contributed by atoms with Crippen molar-refractivity contribution in [1.82, 2.24) is 5.32 Å². The zero-order chi connectivity index (χ0) is 21.7. The Kier molecular flexibility index (Phi) is 6.58. The quantitative estimate of drug-likeness (QED) is 0.403. The van der Waals surface area contributed by atoms with Crippen LogP contribution in [0.4, 0.5) is 11.4 Å². The van der Waals surface area contributed by atoms with E-state index in [2.05, 4.69) is 10.3 Å². The number of hydrogen-bond acceptors (Lipinski definition) is 8. The summed E-state index contributed by atoms with van der Waals surface area (Å²) in [4.78, 5) is 27.9. The number of nitro benzene ring substituents is 1. The van der Waals surface area contributed by atoms with Crippen LogP contribution >= 0.6 is 11.8 Å². The molecule has 3 rings (SSSR count). The maximum absolute atomic E-state index is 12.4. The highest BCUT2D eigenvalue weighted by atomic mass is 32.2. The van der Waals surface area contributed by atoms with Gasteiger partial charge in [-0.15, -0.1) is 0 Å². The van der Waals surface area contributed by atoms with Gasteiger partial charge in [-0.1, -0.05) is 0 Å². The van der Waals surface area contributed by atoms with Crippen molar-refractivity contribution in [2.24, 2.45) is 4.99 Å². The smallest absolute Gasteiger partial charge is 0.280 e. The summed E-state index contributed by atoms with van der Waals surface area (Å²) in [6, 6.07) is 9.83. The first-order chi connectivity index (χ1) is 14.4. The molecule has 0 bridgehead atoms. The average Bonchev–Trinajstić information content (AvgIpc) is 3.07. The minimum Gasteiger partial charge on any atom is -0.494 e. The Morgan fingerprint density at radius 2 is 1.83 bits per heavy atom. The predicted octanol–water partition coefficient (Wildman–Crippen LogP) is 3.90. The van der Waals surface area contributed by atoms with E-state index in [1.54, 1.807) is 24.3 Å². The van der Waals surface area contributed by atoms with Gasteiger partial charge >= 0.3 is 0 Å². The zero-order valence-corrected chi connectivity index (χ0v) is 17.3. The SMILES string of the molecule is CCOc1ccc(N=C2NC(=O)C(=Cc3cc(OC)c(OC)cc3[N+](=O)[O-])S2)cc1. The number of hydrogen-bond donors (Lipinski definition) is 1. The van der Waals surface area contributed by atoms with Gasteiger partial charge in [0, 0.05) is 0 Å². The van der Waals surface area contributed by atoms with E-state index < -0.39 is 10.8 Å². The molecule has 0 atom stereocenters. The summed E-state index contributed by atoms with van der Waals surface area (Å²) in [5.41, 5.74) is 0.655. The molecule has 10 heteroatoms. The van der Waals surface area contributed by atoms with Crippen LogP contribution in [0.3, 0.4) is 0 Å². The van der Waals surface area contributed by atoms with E-state index in [1.807, 2.05) is 6.92 Å². The summed E-state index contributed by atoms with van der Waals surface area (Å²) in [6.45, 7) is 2.46. The third-order valence-electron chi connectivity index (χ3n) is 4.05. The lowest BCUT2D eigenvalue weighted by Gasteiger charge is -2.08. The number of carbonyl (C=O) groups is 1. The second-order valence-corrected chi connectivity index (χ2v) is 6.96. The van der Waals surface area contributed by atoms with Crippen LogP contribution in [-0.2, 0) is 4.79 Å². The molecule has 1 amide bonds. The Balaban J connectivity index is 1.90. The average molecular weight is 429 g/mol. The van der Waals surface area contributed by atoms with E-state index in [9.17, 15) is 14.9 Å². The minimum atomic E-state index is -0.541. The molecule has 156 valence electrons. The van der Waals surface area contributed by atoms with Crippen LogP contribution in [0.2, 0.25) is 0 Å². The van der Waals surface area contributed by atoms with Crippen LogP contribution in [0.15, 0.2) is 46.3 Å². The summed E-state index contributed by atoms with van der Waals surface area (Å²) in [5, 5.41) is 14.5. The van der Waals surface area contributed by atoms with Crippen molar-refractivity contribution in [3.05, 3.63) is 57.0 Å². The van der Waals surface area contributed by atoms with E-state index >= 15 is 0 Å². The third-order valence-corrected chi connectivity index (χ3v) is 4.96. The number of nitro groups is 1. The minimum absolute atomic E-state index is 0.203. The van der Waals surface area contributed by atoms with Crippen LogP contribution in [-0.4, -0.2) is 36.8 Å². The molecule has 0 aliphatic carbocycles. The standard InChI is InChI=1S/C20H19N3O6S/c1-4-29-14-7-5-13(6-8-14)21-20-22-19(24)18(30-20)10-12-9-16(27-2)17(28-3)11-15(12)23(25)26/h5-11H,4H2,1-3H3,(H,21,22,24). The summed E-state index contributed by atoms with van der Waals surface area (Å²) in [6.07, 6.45) is 1.43. The molecule has 2 aromatic carbocycles. The van der Waals surface area contributed by atoms with Gasteiger partial charge in [0.15, 0.2) is 16.7 Å². The number of methoxy groups -OCH3 is 2. The molecule has 30 heavy (non-hydrogen) atoms. The molecule has 1 fully saturated rings. The zero-order valence-electron chi connectivity index (χ0n) is 16.5. The molecule has 9 nitrogen and oxygen atoms in total. The fourth-order valence-corrected chi connectivity index (χ4v) is 3.51. The first-order valence-corrected chi connectivity index (χ1v) is 9.69. The van der Waals surface area contributed by atoms with Crippen molar-refractivity contribution in [2.75, 3.05) is 20.8 Å². The van der Waals surface area contributed by atoms with Crippen molar-refractivity contribution in [3.63, 3.8) is 0 Å². The maximum atomic E-state index is 12.4. The van der Waals surface area contributed by atoms with Crippen molar-refractivity contribution in [2.45, 2.75) is 6.92 Å². The Labute approximate surface area is 176 Å². The van der Waals surface area contributed by atoms with Gasteiger partial charge in [0.05, 0.1) is 48.0 Å². The fourth-order valence-electron chi connectivity index (χ4n) is 2.68. The number of aliphatic imine (C=N–C) groups is 1. The van der Waals surface area contributed by atoms with Crippen molar-refractivity contribution in [3.8, 4) is 17.2 Å². The fraction of sp³-hybridized carbons (Fsp3) is 0.200. The molecular formula is C20H19N3O6S. The number of amidine groups is 1. The van der Waals surface area contributed by atoms with Gasteiger partial charge in [-0.05, 0) is 55.1 Å². The molecule has 0 aromatic heterocycles. The molecule has 1 heterocycles. The number of thioether (sulfide) groups is 1. The van der Waals surface area contributed by atoms with E-state index in [4.69, 9.17) is 14.2 Å². The second-order valence-electron chi connectivity index (χ2n) is 5.93. The molecule has 1 N–H and O–H groups in total. The normalized spacial score (nSPS) is 15.9. The van der Waals surface area contributed by atoms with E-state index in [0.717, 1.165) is 17.5 Å². The molecule has 0 radical (unpaired) electrons. The van der Waals surface area contributed by atoms with Gasteiger partial charge in [-0.3, -0.25) is 14.9 Å². The number of nitrogens with zero attached hydrogens (tertiary/aromatic N) is 2. The lowest BCUT2D eigenvalue weighted by molar-refractivity contribution is -0.385. The maximum Gasteiger partial charge on any atom is 0.280 e. The largest absolute Gasteiger partial charge is 0.494 e. The third kappa shape index (κ3) is 4.71. The number of rotatable bonds is 7. The molecule has 2 aromatic rings. The van der Waals surface area contributed by atoms with Crippen molar-refractivity contribution < 1.29 is 23.9 Å².